The van der Waals surface area contributed by atoms with Gasteiger partial charge >= 0.3 is 0 Å². The van der Waals surface area contributed by atoms with E-state index in [9.17, 15) is 4.79 Å². The lowest BCUT2D eigenvalue weighted by molar-refractivity contribution is 0.535. The van der Waals surface area contributed by atoms with Crippen molar-refractivity contribution in [2.75, 3.05) is 11.4 Å². The Kier molecular flexibility index (Phi) is 4.99. The topological polar surface area (TPSA) is 64.2 Å². The number of aromatic nitrogens is 3. The van der Waals surface area contributed by atoms with E-state index in [0.29, 0.717) is 31.1 Å². The van der Waals surface area contributed by atoms with Crippen LogP contribution < -0.4 is 10.5 Å². The van der Waals surface area contributed by atoms with E-state index in [1.807, 2.05) is 77.1 Å². The summed E-state index contributed by atoms with van der Waals surface area (Å²) in [5, 5.41) is 0. The highest BCUT2D eigenvalue weighted by molar-refractivity contribution is 5.74. The fourth-order valence-electron chi connectivity index (χ4n) is 4.83. The summed E-state index contributed by atoms with van der Waals surface area (Å²) < 4.78 is 7.82. The molecule has 6 nitrogen and oxygen atoms in total. The third kappa shape index (κ3) is 3.48. The van der Waals surface area contributed by atoms with Gasteiger partial charge < -0.3 is 9.32 Å². The molecular weight excluding hydrogens is 424 g/mol. The second-order valence-electron chi connectivity index (χ2n) is 8.62. The van der Waals surface area contributed by atoms with Gasteiger partial charge in [0.05, 0.1) is 23.8 Å². The van der Waals surface area contributed by atoms with Crippen molar-refractivity contribution in [3.05, 3.63) is 123 Å². The first-order valence-electron chi connectivity index (χ1n) is 11.5. The van der Waals surface area contributed by atoms with Gasteiger partial charge in [-0.2, -0.15) is 4.98 Å². The smallest absolute Gasteiger partial charge is 0.298 e. The van der Waals surface area contributed by atoms with Gasteiger partial charge in [-0.3, -0.25) is 9.36 Å². The second kappa shape index (κ2) is 8.30. The number of rotatable bonds is 4. The van der Waals surface area contributed by atoms with Crippen molar-refractivity contribution in [3.63, 3.8) is 0 Å². The lowest BCUT2D eigenvalue weighted by Crippen LogP contribution is -2.40. The lowest BCUT2D eigenvalue weighted by Gasteiger charge is -2.29. The maximum atomic E-state index is 14.0. The van der Waals surface area contributed by atoms with Gasteiger partial charge in [-0.15, -0.1) is 0 Å². The molecule has 0 saturated carbocycles. The fourth-order valence-corrected chi connectivity index (χ4v) is 4.83. The summed E-state index contributed by atoms with van der Waals surface area (Å²) >= 11 is 0. The molecule has 0 N–H and O–H groups in total. The molecule has 6 heteroatoms. The Labute approximate surface area is 197 Å². The molecule has 0 aliphatic carbocycles. The number of hydrogen-bond acceptors (Lipinski definition) is 5. The Hall–Kier alpha value is -4.19. The average Bonchev–Trinajstić information content (AvgIpc) is 3.32. The minimum Gasteiger partial charge on any atom is -0.423 e. The quantitative estimate of drug-likeness (QED) is 0.392. The van der Waals surface area contributed by atoms with E-state index in [1.54, 1.807) is 0 Å². The Balaban J connectivity index is 1.46. The highest BCUT2D eigenvalue weighted by Crippen LogP contribution is 2.29. The number of fused-ring (bicyclic) bond motifs is 2. The molecule has 2 aromatic heterocycles. The van der Waals surface area contributed by atoms with Crippen LogP contribution in [0.3, 0.4) is 0 Å². The maximum Gasteiger partial charge on any atom is 0.298 e. The Morgan fingerprint density at radius 3 is 2.18 bits per heavy atom. The van der Waals surface area contributed by atoms with E-state index in [1.165, 1.54) is 0 Å². The zero-order chi connectivity index (χ0) is 23.1. The van der Waals surface area contributed by atoms with Gasteiger partial charge in [0, 0.05) is 13.0 Å². The van der Waals surface area contributed by atoms with Crippen molar-refractivity contribution in [1.82, 2.24) is 14.5 Å². The van der Waals surface area contributed by atoms with Crippen LogP contribution >= 0.6 is 0 Å². The molecule has 168 valence electrons. The van der Waals surface area contributed by atoms with Gasteiger partial charge in [0.2, 0.25) is 0 Å². The SMILES string of the molecule is Cc1nc2c(c(=O)n1C(c1ccccc1)c1ccccc1)CN(c1nc3ccccc3o1)CC2. The standard InChI is InChI=1S/C28H24N4O2/c1-19-29-23-16-17-31(28-30-24-14-8-9-15-25(24)34-28)18-22(23)27(33)32(19)26(20-10-4-2-5-11-20)21-12-6-3-7-13-21/h2-15,26H,16-18H2,1H3. The lowest BCUT2D eigenvalue weighted by atomic mass is 9.97. The van der Waals surface area contributed by atoms with E-state index in [2.05, 4.69) is 29.2 Å². The number of para-hydroxylation sites is 2. The van der Waals surface area contributed by atoms with Gasteiger partial charge in [-0.25, -0.2) is 4.98 Å². The van der Waals surface area contributed by atoms with Crippen LogP contribution in [0, 0.1) is 6.92 Å². The predicted molar refractivity (Wildman–Crippen MR) is 132 cm³/mol. The van der Waals surface area contributed by atoms with Gasteiger partial charge in [0.15, 0.2) is 5.58 Å². The van der Waals surface area contributed by atoms with Crippen molar-refractivity contribution >= 4 is 17.1 Å². The summed E-state index contributed by atoms with van der Waals surface area (Å²) in [5.74, 6) is 0.719. The van der Waals surface area contributed by atoms with Crippen LogP contribution in [-0.4, -0.2) is 21.1 Å². The first-order chi connectivity index (χ1) is 16.7. The van der Waals surface area contributed by atoms with E-state index >= 15 is 0 Å². The number of aryl methyl sites for hydroxylation is 1. The number of anilines is 1. The van der Waals surface area contributed by atoms with Crippen molar-refractivity contribution in [2.45, 2.75) is 25.9 Å². The largest absolute Gasteiger partial charge is 0.423 e. The Bertz CT molecular complexity index is 1450. The third-order valence-corrected chi connectivity index (χ3v) is 6.48. The van der Waals surface area contributed by atoms with Crippen LogP contribution in [0.25, 0.3) is 11.1 Å². The van der Waals surface area contributed by atoms with Crippen molar-refractivity contribution < 1.29 is 4.42 Å². The van der Waals surface area contributed by atoms with Crippen LogP contribution in [0.4, 0.5) is 6.01 Å². The molecule has 0 fully saturated rings. The minimum absolute atomic E-state index is 0.0129. The monoisotopic (exact) mass is 448 g/mol. The van der Waals surface area contributed by atoms with E-state index in [4.69, 9.17) is 9.40 Å². The molecule has 0 bridgehead atoms. The highest BCUT2D eigenvalue weighted by atomic mass is 16.4. The Morgan fingerprint density at radius 1 is 0.853 bits per heavy atom. The Morgan fingerprint density at radius 2 is 1.50 bits per heavy atom. The van der Waals surface area contributed by atoms with Crippen molar-refractivity contribution in [2.24, 2.45) is 0 Å². The average molecular weight is 449 g/mol. The van der Waals surface area contributed by atoms with Gasteiger partial charge in [-0.1, -0.05) is 72.8 Å². The molecule has 3 heterocycles. The number of hydrogen-bond donors (Lipinski definition) is 0. The summed E-state index contributed by atoms with van der Waals surface area (Å²) in [6.07, 6.45) is 0.673. The molecule has 0 amide bonds. The molecule has 3 aromatic carbocycles. The molecule has 1 aliphatic rings. The summed E-state index contributed by atoms with van der Waals surface area (Å²) in [4.78, 5) is 25.6. The van der Waals surface area contributed by atoms with Gasteiger partial charge in [-0.05, 0) is 30.2 Å². The normalized spacial score (nSPS) is 13.4. The summed E-state index contributed by atoms with van der Waals surface area (Å²) in [6, 6.07) is 28.3. The van der Waals surface area contributed by atoms with E-state index < -0.39 is 0 Å². The predicted octanol–water partition coefficient (Wildman–Crippen LogP) is 4.89. The summed E-state index contributed by atoms with van der Waals surface area (Å²) in [6.45, 7) is 3.05. The second-order valence-corrected chi connectivity index (χ2v) is 8.62. The molecule has 5 aromatic rings. The zero-order valence-electron chi connectivity index (χ0n) is 18.9. The minimum atomic E-state index is -0.257. The molecule has 6 rings (SSSR count). The fraction of sp³-hybridized carbons (Fsp3) is 0.179. The van der Waals surface area contributed by atoms with Crippen LogP contribution in [0.1, 0.15) is 34.3 Å². The molecule has 34 heavy (non-hydrogen) atoms. The first kappa shape index (κ1) is 20.4. The summed E-state index contributed by atoms with van der Waals surface area (Å²) in [5.41, 5.74) is 5.22. The molecular formula is C28H24N4O2. The third-order valence-electron chi connectivity index (χ3n) is 6.48. The van der Waals surface area contributed by atoms with Crippen LogP contribution in [0.5, 0.6) is 0 Å². The van der Waals surface area contributed by atoms with Crippen molar-refractivity contribution in [1.29, 1.82) is 0 Å². The first-order valence-corrected chi connectivity index (χ1v) is 11.5. The van der Waals surface area contributed by atoms with Crippen LogP contribution in [0.2, 0.25) is 0 Å². The van der Waals surface area contributed by atoms with E-state index in [0.717, 1.165) is 33.7 Å². The molecule has 1 aliphatic heterocycles. The van der Waals surface area contributed by atoms with Crippen LogP contribution in [-0.2, 0) is 13.0 Å². The van der Waals surface area contributed by atoms with Crippen LogP contribution in [0.15, 0.2) is 94.1 Å². The van der Waals surface area contributed by atoms with Gasteiger partial charge in [0.1, 0.15) is 11.3 Å². The maximum absolute atomic E-state index is 14.0. The molecule has 0 unspecified atom stereocenters. The number of nitrogens with zero attached hydrogens (tertiary/aromatic N) is 4. The molecule has 0 radical (unpaired) electrons. The highest BCUT2D eigenvalue weighted by Gasteiger charge is 2.28. The van der Waals surface area contributed by atoms with E-state index in [-0.39, 0.29) is 11.6 Å². The molecule has 0 atom stereocenters. The molecule has 0 saturated heterocycles. The molecule has 0 spiro atoms. The van der Waals surface area contributed by atoms with Crippen molar-refractivity contribution in [3.8, 4) is 0 Å². The summed E-state index contributed by atoms with van der Waals surface area (Å²) in [7, 11) is 0. The zero-order valence-corrected chi connectivity index (χ0v) is 18.9. The number of oxazole rings is 1. The number of benzene rings is 3. The van der Waals surface area contributed by atoms with Gasteiger partial charge in [0.25, 0.3) is 11.6 Å².